The summed E-state index contributed by atoms with van der Waals surface area (Å²) in [5.74, 6) is 0.874. The first kappa shape index (κ1) is 15.8. The van der Waals surface area contributed by atoms with Crippen molar-refractivity contribution in [2.75, 3.05) is 5.32 Å². The number of rotatable bonds is 6. The molecule has 19 heavy (non-hydrogen) atoms. The summed E-state index contributed by atoms with van der Waals surface area (Å²) in [5, 5.41) is 7.11. The van der Waals surface area contributed by atoms with Crippen LogP contribution >= 0.6 is 12.2 Å². The lowest BCUT2D eigenvalue weighted by molar-refractivity contribution is 0.242. The molecule has 0 fully saturated rings. The molecular formula is C15H24N2OS. The van der Waals surface area contributed by atoms with Crippen molar-refractivity contribution in [1.82, 2.24) is 5.32 Å². The molecule has 2 N–H and O–H groups in total. The van der Waals surface area contributed by atoms with E-state index in [9.17, 15) is 0 Å². The Balaban J connectivity index is 2.46. The van der Waals surface area contributed by atoms with Crippen LogP contribution in [0.1, 0.15) is 40.5 Å². The minimum Gasteiger partial charge on any atom is -0.491 e. The minimum absolute atomic E-state index is 0.191. The maximum absolute atomic E-state index is 5.59. The molecule has 0 heterocycles. The molecular weight excluding hydrogens is 256 g/mol. The lowest BCUT2D eigenvalue weighted by atomic mass is 10.2. The normalized spacial score (nSPS) is 12.1. The van der Waals surface area contributed by atoms with Crippen LogP contribution in [-0.2, 0) is 0 Å². The Hall–Kier alpha value is -1.29. The SMILES string of the molecule is CCCC(C)NC(=S)Nc1ccc(OC(C)C)cc1. The van der Waals surface area contributed by atoms with E-state index in [0.717, 1.165) is 24.3 Å². The molecule has 0 saturated carbocycles. The van der Waals surface area contributed by atoms with Gasteiger partial charge in [0.25, 0.3) is 0 Å². The fourth-order valence-corrected chi connectivity index (χ4v) is 2.10. The van der Waals surface area contributed by atoms with E-state index in [-0.39, 0.29) is 6.10 Å². The van der Waals surface area contributed by atoms with Crippen LogP contribution in [0, 0.1) is 0 Å². The molecule has 0 aromatic heterocycles. The summed E-state index contributed by atoms with van der Waals surface area (Å²) in [6, 6.07) is 8.22. The number of thiocarbonyl (C=S) groups is 1. The molecule has 0 radical (unpaired) electrons. The molecule has 1 rings (SSSR count). The summed E-state index contributed by atoms with van der Waals surface area (Å²) in [6.07, 6.45) is 2.46. The van der Waals surface area contributed by atoms with Gasteiger partial charge < -0.3 is 15.4 Å². The number of ether oxygens (including phenoxy) is 1. The van der Waals surface area contributed by atoms with Crippen LogP contribution in [0.15, 0.2) is 24.3 Å². The molecule has 0 spiro atoms. The van der Waals surface area contributed by atoms with Gasteiger partial charge in [0, 0.05) is 11.7 Å². The largest absolute Gasteiger partial charge is 0.491 e. The van der Waals surface area contributed by atoms with E-state index in [4.69, 9.17) is 17.0 Å². The topological polar surface area (TPSA) is 33.3 Å². The molecule has 106 valence electrons. The first-order valence-corrected chi connectivity index (χ1v) is 7.26. The van der Waals surface area contributed by atoms with E-state index in [1.807, 2.05) is 38.1 Å². The molecule has 0 aliphatic rings. The zero-order valence-corrected chi connectivity index (χ0v) is 13.0. The zero-order chi connectivity index (χ0) is 14.3. The smallest absolute Gasteiger partial charge is 0.170 e. The molecule has 1 unspecified atom stereocenters. The van der Waals surface area contributed by atoms with E-state index in [1.165, 1.54) is 0 Å². The monoisotopic (exact) mass is 280 g/mol. The van der Waals surface area contributed by atoms with Gasteiger partial charge in [0.15, 0.2) is 5.11 Å². The van der Waals surface area contributed by atoms with E-state index >= 15 is 0 Å². The highest BCUT2D eigenvalue weighted by atomic mass is 32.1. The average molecular weight is 280 g/mol. The van der Waals surface area contributed by atoms with Crippen molar-refractivity contribution in [3.63, 3.8) is 0 Å². The minimum atomic E-state index is 0.191. The first-order chi connectivity index (χ1) is 9.01. The molecule has 0 aliphatic carbocycles. The van der Waals surface area contributed by atoms with Crippen LogP contribution < -0.4 is 15.4 Å². The Kier molecular flexibility index (Phi) is 6.64. The van der Waals surface area contributed by atoms with Crippen molar-refractivity contribution in [3.05, 3.63) is 24.3 Å². The van der Waals surface area contributed by atoms with Gasteiger partial charge in [0.05, 0.1) is 6.10 Å². The summed E-state index contributed by atoms with van der Waals surface area (Å²) in [5.41, 5.74) is 0.970. The lowest BCUT2D eigenvalue weighted by Gasteiger charge is -2.16. The fourth-order valence-electron chi connectivity index (χ4n) is 1.79. The second-order valence-electron chi connectivity index (χ2n) is 4.98. The molecule has 1 atom stereocenters. The van der Waals surface area contributed by atoms with Crippen LogP contribution in [-0.4, -0.2) is 17.3 Å². The van der Waals surface area contributed by atoms with E-state index in [1.54, 1.807) is 0 Å². The molecule has 1 aromatic carbocycles. The van der Waals surface area contributed by atoms with Crippen molar-refractivity contribution < 1.29 is 4.74 Å². The van der Waals surface area contributed by atoms with Gasteiger partial charge in [-0.25, -0.2) is 0 Å². The van der Waals surface area contributed by atoms with Crippen LogP contribution in [0.25, 0.3) is 0 Å². The van der Waals surface area contributed by atoms with Crippen molar-refractivity contribution in [3.8, 4) is 5.75 Å². The maximum atomic E-state index is 5.59. The quantitative estimate of drug-likeness (QED) is 0.773. The lowest BCUT2D eigenvalue weighted by Crippen LogP contribution is -2.35. The second-order valence-corrected chi connectivity index (χ2v) is 5.39. The number of nitrogens with one attached hydrogen (secondary N) is 2. The summed E-state index contributed by atoms with van der Waals surface area (Å²) in [6.45, 7) is 8.33. The van der Waals surface area contributed by atoms with Crippen molar-refractivity contribution in [2.45, 2.75) is 52.7 Å². The summed E-state index contributed by atoms with van der Waals surface area (Å²) in [4.78, 5) is 0. The molecule has 3 nitrogen and oxygen atoms in total. The van der Waals surface area contributed by atoms with Gasteiger partial charge in [-0.3, -0.25) is 0 Å². The van der Waals surface area contributed by atoms with Crippen LogP contribution in [0.5, 0.6) is 5.75 Å². The Labute approximate surface area is 121 Å². The predicted molar refractivity (Wildman–Crippen MR) is 85.9 cm³/mol. The number of hydrogen-bond donors (Lipinski definition) is 2. The summed E-state index contributed by atoms with van der Waals surface area (Å²) >= 11 is 5.28. The van der Waals surface area contributed by atoms with Crippen molar-refractivity contribution in [1.29, 1.82) is 0 Å². The van der Waals surface area contributed by atoms with E-state index in [0.29, 0.717) is 11.2 Å². The highest BCUT2D eigenvalue weighted by Gasteiger charge is 2.03. The Morgan fingerprint density at radius 2 is 1.84 bits per heavy atom. The molecule has 0 bridgehead atoms. The van der Waals surface area contributed by atoms with Gasteiger partial charge in [-0.05, 0) is 63.7 Å². The standard InChI is InChI=1S/C15H24N2OS/c1-5-6-12(4)16-15(19)17-13-7-9-14(10-8-13)18-11(2)3/h7-12H,5-6H2,1-4H3,(H2,16,17,19). The Morgan fingerprint density at radius 3 is 2.37 bits per heavy atom. The molecule has 0 aliphatic heterocycles. The van der Waals surface area contributed by atoms with Gasteiger partial charge in [0.1, 0.15) is 5.75 Å². The highest BCUT2D eigenvalue weighted by molar-refractivity contribution is 7.80. The van der Waals surface area contributed by atoms with Gasteiger partial charge in [-0.1, -0.05) is 13.3 Å². The van der Waals surface area contributed by atoms with Gasteiger partial charge >= 0.3 is 0 Å². The number of hydrogen-bond acceptors (Lipinski definition) is 2. The number of anilines is 1. The molecule has 0 amide bonds. The van der Waals surface area contributed by atoms with Gasteiger partial charge in [0.2, 0.25) is 0 Å². The van der Waals surface area contributed by atoms with Crippen LogP contribution in [0.4, 0.5) is 5.69 Å². The Morgan fingerprint density at radius 1 is 1.21 bits per heavy atom. The van der Waals surface area contributed by atoms with Gasteiger partial charge in [-0.2, -0.15) is 0 Å². The fraction of sp³-hybridized carbons (Fsp3) is 0.533. The third-order valence-electron chi connectivity index (χ3n) is 2.58. The van der Waals surface area contributed by atoms with E-state index in [2.05, 4.69) is 24.5 Å². The Bertz CT molecular complexity index is 390. The predicted octanol–water partition coefficient (Wildman–Crippen LogP) is 3.95. The van der Waals surface area contributed by atoms with Crippen molar-refractivity contribution >= 4 is 23.0 Å². The highest BCUT2D eigenvalue weighted by Crippen LogP contribution is 2.16. The van der Waals surface area contributed by atoms with Crippen LogP contribution in [0.2, 0.25) is 0 Å². The molecule has 0 saturated heterocycles. The third kappa shape index (κ3) is 6.43. The van der Waals surface area contributed by atoms with Crippen molar-refractivity contribution in [2.24, 2.45) is 0 Å². The number of benzene rings is 1. The maximum Gasteiger partial charge on any atom is 0.170 e. The summed E-state index contributed by atoms with van der Waals surface area (Å²) < 4.78 is 5.59. The summed E-state index contributed by atoms with van der Waals surface area (Å²) in [7, 11) is 0. The van der Waals surface area contributed by atoms with Crippen LogP contribution in [0.3, 0.4) is 0 Å². The molecule has 1 aromatic rings. The third-order valence-corrected chi connectivity index (χ3v) is 2.80. The first-order valence-electron chi connectivity index (χ1n) is 6.85. The average Bonchev–Trinajstić information content (AvgIpc) is 2.31. The zero-order valence-electron chi connectivity index (χ0n) is 12.2. The van der Waals surface area contributed by atoms with E-state index < -0.39 is 0 Å². The second kappa shape index (κ2) is 8.00. The molecule has 4 heteroatoms. The van der Waals surface area contributed by atoms with Gasteiger partial charge in [-0.15, -0.1) is 0 Å².